The van der Waals surface area contributed by atoms with E-state index in [0.29, 0.717) is 0 Å². The lowest BCUT2D eigenvalue weighted by molar-refractivity contribution is 0.303. The summed E-state index contributed by atoms with van der Waals surface area (Å²) < 4.78 is 0. The van der Waals surface area contributed by atoms with Crippen molar-refractivity contribution >= 4 is 23.1 Å². The number of thiocarbonyl (C=S) groups is 1. The molecule has 0 spiro atoms. The lowest BCUT2D eigenvalue weighted by Crippen LogP contribution is -2.13. The van der Waals surface area contributed by atoms with Gasteiger partial charge in [-0.25, -0.2) is 0 Å². The van der Waals surface area contributed by atoms with E-state index < -0.39 is 0 Å². The SMILES string of the molecule is CCCCC[C@H]1CC[C@H](c2ccc(N=C=S)cc2)CC1. The van der Waals surface area contributed by atoms with E-state index in [4.69, 9.17) is 0 Å². The molecular weight excluding hydrogens is 262 g/mol. The summed E-state index contributed by atoms with van der Waals surface area (Å²) >= 11 is 4.63. The summed E-state index contributed by atoms with van der Waals surface area (Å²) in [5.41, 5.74) is 2.39. The average molecular weight is 287 g/mol. The quantitative estimate of drug-likeness (QED) is 0.341. The maximum absolute atomic E-state index is 4.63. The number of hydrogen-bond acceptors (Lipinski definition) is 2. The predicted octanol–water partition coefficient (Wildman–Crippen LogP) is 6.28. The maximum Gasteiger partial charge on any atom is 0.0739 e. The van der Waals surface area contributed by atoms with Crippen LogP contribution in [0.15, 0.2) is 29.3 Å². The van der Waals surface area contributed by atoms with Crippen molar-refractivity contribution in [3.05, 3.63) is 29.8 Å². The third-order valence-electron chi connectivity index (χ3n) is 4.60. The van der Waals surface area contributed by atoms with Gasteiger partial charge in [-0.15, -0.1) is 0 Å². The van der Waals surface area contributed by atoms with Crippen molar-refractivity contribution in [2.45, 2.75) is 64.2 Å². The van der Waals surface area contributed by atoms with Gasteiger partial charge in [-0.3, -0.25) is 0 Å². The molecule has 1 aliphatic rings. The summed E-state index contributed by atoms with van der Waals surface area (Å²) in [5, 5.41) is 2.42. The second-order valence-electron chi connectivity index (χ2n) is 6.01. The summed E-state index contributed by atoms with van der Waals surface area (Å²) in [6.45, 7) is 2.29. The van der Waals surface area contributed by atoms with Gasteiger partial charge in [-0.1, -0.05) is 44.7 Å². The molecular formula is C18H25NS. The number of unbranched alkanes of at least 4 members (excludes halogenated alkanes) is 2. The Balaban J connectivity index is 1.82. The van der Waals surface area contributed by atoms with Crippen LogP contribution in [0.2, 0.25) is 0 Å². The molecule has 0 atom stereocenters. The molecule has 1 aromatic carbocycles. The van der Waals surface area contributed by atoms with Crippen molar-refractivity contribution in [3.8, 4) is 0 Å². The van der Waals surface area contributed by atoms with Crippen molar-refractivity contribution in [1.29, 1.82) is 0 Å². The zero-order valence-electron chi connectivity index (χ0n) is 12.5. The molecule has 0 aliphatic heterocycles. The van der Waals surface area contributed by atoms with Crippen LogP contribution in [0.5, 0.6) is 0 Å². The molecule has 1 saturated carbocycles. The average Bonchev–Trinajstić information content (AvgIpc) is 2.49. The molecule has 1 aromatic rings. The van der Waals surface area contributed by atoms with Crippen LogP contribution in [0.3, 0.4) is 0 Å². The van der Waals surface area contributed by atoms with Crippen LogP contribution in [-0.2, 0) is 0 Å². The fraction of sp³-hybridized carbons (Fsp3) is 0.611. The van der Waals surface area contributed by atoms with E-state index in [0.717, 1.165) is 17.5 Å². The summed E-state index contributed by atoms with van der Waals surface area (Å²) in [6.07, 6.45) is 11.1. The fourth-order valence-corrected chi connectivity index (χ4v) is 3.45. The molecule has 0 heterocycles. The Bertz CT molecular complexity index is 437. The highest BCUT2D eigenvalue weighted by atomic mass is 32.1. The minimum atomic E-state index is 0.753. The first kappa shape index (κ1) is 15.4. The minimum Gasteiger partial charge on any atom is -0.195 e. The molecule has 1 fully saturated rings. The first-order valence-electron chi connectivity index (χ1n) is 8.01. The molecule has 1 aliphatic carbocycles. The fourth-order valence-electron chi connectivity index (χ4n) is 3.34. The van der Waals surface area contributed by atoms with Gasteiger partial charge in [0.2, 0.25) is 0 Å². The van der Waals surface area contributed by atoms with E-state index in [1.54, 1.807) is 0 Å². The van der Waals surface area contributed by atoms with Gasteiger partial charge < -0.3 is 0 Å². The molecule has 0 saturated heterocycles. The summed E-state index contributed by atoms with van der Waals surface area (Å²) in [6, 6.07) is 8.55. The van der Waals surface area contributed by atoms with Gasteiger partial charge in [0.05, 0.1) is 10.8 Å². The third-order valence-corrected chi connectivity index (χ3v) is 4.69. The maximum atomic E-state index is 4.63. The Morgan fingerprint density at radius 1 is 1.10 bits per heavy atom. The number of benzene rings is 1. The molecule has 0 amide bonds. The lowest BCUT2D eigenvalue weighted by atomic mass is 9.77. The summed E-state index contributed by atoms with van der Waals surface area (Å²) in [5.74, 6) is 1.74. The van der Waals surface area contributed by atoms with E-state index in [1.807, 2.05) is 0 Å². The second kappa shape index (κ2) is 8.34. The van der Waals surface area contributed by atoms with Crippen LogP contribution in [-0.4, -0.2) is 5.16 Å². The number of isothiocyanates is 1. The molecule has 0 radical (unpaired) electrons. The van der Waals surface area contributed by atoms with Gasteiger partial charge in [-0.2, -0.15) is 4.99 Å². The highest BCUT2D eigenvalue weighted by molar-refractivity contribution is 7.78. The van der Waals surface area contributed by atoms with Gasteiger partial charge >= 0.3 is 0 Å². The summed E-state index contributed by atoms with van der Waals surface area (Å²) in [7, 11) is 0. The van der Waals surface area contributed by atoms with Crippen molar-refractivity contribution in [2.75, 3.05) is 0 Å². The van der Waals surface area contributed by atoms with Gasteiger partial charge in [-0.05, 0) is 67.4 Å². The van der Waals surface area contributed by atoms with Gasteiger partial charge in [0.15, 0.2) is 0 Å². The van der Waals surface area contributed by atoms with Crippen molar-refractivity contribution in [3.63, 3.8) is 0 Å². The van der Waals surface area contributed by atoms with Crippen molar-refractivity contribution in [2.24, 2.45) is 10.9 Å². The predicted molar refractivity (Wildman–Crippen MR) is 90.0 cm³/mol. The molecule has 2 rings (SSSR count). The molecule has 108 valence electrons. The first-order valence-corrected chi connectivity index (χ1v) is 8.42. The Hall–Kier alpha value is -0.980. The highest BCUT2D eigenvalue weighted by Crippen LogP contribution is 2.38. The van der Waals surface area contributed by atoms with Gasteiger partial charge in [0.1, 0.15) is 0 Å². The lowest BCUT2D eigenvalue weighted by Gasteiger charge is -2.28. The Morgan fingerprint density at radius 3 is 2.40 bits per heavy atom. The summed E-state index contributed by atoms with van der Waals surface area (Å²) in [4.78, 5) is 4.01. The zero-order valence-corrected chi connectivity index (χ0v) is 13.3. The third kappa shape index (κ3) is 4.54. The Kier molecular flexibility index (Phi) is 6.42. The van der Waals surface area contributed by atoms with Crippen LogP contribution < -0.4 is 0 Å². The van der Waals surface area contributed by atoms with E-state index in [-0.39, 0.29) is 0 Å². The van der Waals surface area contributed by atoms with Gasteiger partial charge in [0.25, 0.3) is 0 Å². The molecule has 0 N–H and O–H groups in total. The number of aliphatic imine (C=N–C) groups is 1. The van der Waals surface area contributed by atoms with Crippen LogP contribution in [0, 0.1) is 5.92 Å². The van der Waals surface area contributed by atoms with Crippen LogP contribution in [0.4, 0.5) is 5.69 Å². The van der Waals surface area contributed by atoms with Crippen LogP contribution >= 0.6 is 12.2 Å². The number of nitrogens with zero attached hydrogens (tertiary/aromatic N) is 1. The second-order valence-corrected chi connectivity index (χ2v) is 6.19. The Morgan fingerprint density at radius 2 is 1.80 bits per heavy atom. The number of rotatable bonds is 6. The molecule has 0 unspecified atom stereocenters. The van der Waals surface area contributed by atoms with E-state index >= 15 is 0 Å². The Labute approximate surface area is 128 Å². The molecule has 2 heteroatoms. The van der Waals surface area contributed by atoms with Crippen molar-refractivity contribution in [1.82, 2.24) is 0 Å². The highest BCUT2D eigenvalue weighted by Gasteiger charge is 2.21. The van der Waals surface area contributed by atoms with E-state index in [2.05, 4.69) is 53.6 Å². The smallest absolute Gasteiger partial charge is 0.0739 e. The van der Waals surface area contributed by atoms with Crippen LogP contribution in [0.1, 0.15) is 69.8 Å². The first-order chi connectivity index (χ1) is 9.83. The topological polar surface area (TPSA) is 12.4 Å². The normalized spacial score (nSPS) is 22.2. The standard InChI is InChI=1S/C18H25NS/c1-2-3-4-5-15-6-8-16(9-7-15)17-10-12-18(13-11-17)19-14-20/h10-13,15-16H,2-9H2,1H3/t15-,16-. The minimum absolute atomic E-state index is 0.753. The molecule has 1 nitrogen and oxygen atoms in total. The van der Waals surface area contributed by atoms with E-state index in [9.17, 15) is 0 Å². The molecule has 0 bridgehead atoms. The molecule has 0 aromatic heterocycles. The number of hydrogen-bond donors (Lipinski definition) is 0. The van der Waals surface area contributed by atoms with Crippen molar-refractivity contribution < 1.29 is 0 Å². The molecule has 20 heavy (non-hydrogen) atoms. The zero-order chi connectivity index (χ0) is 14.2. The largest absolute Gasteiger partial charge is 0.195 e. The van der Waals surface area contributed by atoms with Gasteiger partial charge in [0, 0.05) is 0 Å². The monoisotopic (exact) mass is 287 g/mol. The van der Waals surface area contributed by atoms with Crippen LogP contribution in [0.25, 0.3) is 0 Å². The van der Waals surface area contributed by atoms with E-state index in [1.165, 1.54) is 56.9 Å².